The van der Waals surface area contributed by atoms with E-state index in [1.165, 1.54) is 6.20 Å². The molecule has 0 aliphatic heterocycles. The fourth-order valence-corrected chi connectivity index (χ4v) is 2.90. The Morgan fingerprint density at radius 2 is 2.00 bits per heavy atom. The largest absolute Gasteiger partial charge is 0.481 e. The Bertz CT molecular complexity index is 773. The van der Waals surface area contributed by atoms with Gasteiger partial charge in [0.15, 0.2) is 0 Å². The molecular formula is C22H32N4O4. The van der Waals surface area contributed by atoms with E-state index in [4.69, 9.17) is 0 Å². The van der Waals surface area contributed by atoms with Crippen molar-refractivity contribution >= 4 is 23.5 Å². The van der Waals surface area contributed by atoms with Gasteiger partial charge < -0.3 is 15.7 Å². The number of nitrogens with one attached hydrogen (secondary N) is 2. The van der Waals surface area contributed by atoms with E-state index in [1.54, 1.807) is 37.4 Å². The molecule has 1 aromatic heterocycles. The number of rotatable bonds is 12. The molecular weight excluding hydrogens is 384 g/mol. The summed E-state index contributed by atoms with van der Waals surface area (Å²) in [5, 5.41) is 14.8. The lowest BCUT2D eigenvalue weighted by molar-refractivity contribution is -0.137. The number of aliphatic imine (C=N–C) groups is 1. The Hall–Kier alpha value is -3.03. The van der Waals surface area contributed by atoms with E-state index >= 15 is 0 Å². The standard InChI is InChI=1S/C22H32N4O4/c1-5-8-17(23-4)20(29)25-14-12-22(2,3)11-10-16(15-19(27)28)26-21(30)18-9-6-7-13-24-18/h5-9,13,16H,10-12,14-15H2,1-4H3,(H,25,29)(H,26,30)(H,27,28)/b8-5-,23-17?/t16-/m1/s1. The minimum absolute atomic E-state index is 0.149. The van der Waals surface area contributed by atoms with Gasteiger partial charge in [-0.15, -0.1) is 0 Å². The molecule has 0 bridgehead atoms. The molecule has 2 amide bonds. The van der Waals surface area contributed by atoms with Crippen molar-refractivity contribution in [1.82, 2.24) is 15.6 Å². The van der Waals surface area contributed by atoms with E-state index < -0.39 is 12.0 Å². The third kappa shape index (κ3) is 9.45. The molecule has 1 atom stereocenters. The van der Waals surface area contributed by atoms with Crippen LogP contribution in [0.4, 0.5) is 0 Å². The van der Waals surface area contributed by atoms with Gasteiger partial charge in [-0.1, -0.05) is 26.0 Å². The second-order valence-corrected chi connectivity index (χ2v) is 7.80. The number of hydrogen-bond donors (Lipinski definition) is 3. The first-order valence-electron chi connectivity index (χ1n) is 10.00. The number of aliphatic carboxylic acids is 1. The van der Waals surface area contributed by atoms with Crippen molar-refractivity contribution in [3.8, 4) is 0 Å². The number of nitrogens with zero attached hydrogens (tertiary/aromatic N) is 2. The molecule has 3 N–H and O–H groups in total. The first-order valence-corrected chi connectivity index (χ1v) is 10.00. The van der Waals surface area contributed by atoms with Crippen LogP contribution in [0.25, 0.3) is 0 Å². The van der Waals surface area contributed by atoms with Crippen molar-refractivity contribution in [2.75, 3.05) is 13.6 Å². The normalized spacial score (nSPS) is 13.1. The molecule has 0 unspecified atom stereocenters. The summed E-state index contributed by atoms with van der Waals surface area (Å²) >= 11 is 0. The molecule has 0 spiro atoms. The highest BCUT2D eigenvalue weighted by atomic mass is 16.4. The predicted molar refractivity (Wildman–Crippen MR) is 117 cm³/mol. The van der Waals surface area contributed by atoms with Gasteiger partial charge >= 0.3 is 5.97 Å². The zero-order chi connectivity index (χ0) is 22.6. The maximum atomic E-state index is 12.3. The number of carbonyl (C=O) groups excluding carboxylic acids is 2. The van der Waals surface area contributed by atoms with Crippen LogP contribution >= 0.6 is 0 Å². The minimum atomic E-state index is -0.971. The summed E-state index contributed by atoms with van der Waals surface area (Å²) in [7, 11) is 1.57. The van der Waals surface area contributed by atoms with Gasteiger partial charge in [0.1, 0.15) is 11.4 Å². The molecule has 0 radical (unpaired) electrons. The average molecular weight is 417 g/mol. The highest BCUT2D eigenvalue weighted by molar-refractivity contribution is 6.43. The lowest BCUT2D eigenvalue weighted by Crippen LogP contribution is -2.38. The van der Waals surface area contributed by atoms with E-state index in [0.29, 0.717) is 31.5 Å². The van der Waals surface area contributed by atoms with Crippen LogP contribution in [0.3, 0.4) is 0 Å². The van der Waals surface area contributed by atoms with E-state index in [9.17, 15) is 19.5 Å². The van der Waals surface area contributed by atoms with Gasteiger partial charge in [-0.25, -0.2) is 0 Å². The number of carboxylic acid groups (broad SMARTS) is 1. The van der Waals surface area contributed by atoms with Crippen LogP contribution in [-0.4, -0.2) is 53.2 Å². The molecule has 0 fully saturated rings. The first kappa shape index (κ1) is 25.0. The lowest BCUT2D eigenvalue weighted by Gasteiger charge is -2.27. The second-order valence-electron chi connectivity index (χ2n) is 7.80. The maximum absolute atomic E-state index is 12.3. The van der Waals surface area contributed by atoms with Crippen LogP contribution in [-0.2, 0) is 9.59 Å². The third-order valence-electron chi connectivity index (χ3n) is 4.71. The molecule has 164 valence electrons. The van der Waals surface area contributed by atoms with Gasteiger partial charge in [-0.2, -0.15) is 0 Å². The number of hydrogen-bond acceptors (Lipinski definition) is 5. The van der Waals surface area contributed by atoms with Gasteiger partial charge in [0.25, 0.3) is 11.8 Å². The zero-order valence-electron chi connectivity index (χ0n) is 18.1. The van der Waals surface area contributed by atoms with Crippen molar-refractivity contribution in [1.29, 1.82) is 0 Å². The third-order valence-corrected chi connectivity index (χ3v) is 4.71. The van der Waals surface area contributed by atoms with Crippen molar-refractivity contribution < 1.29 is 19.5 Å². The van der Waals surface area contributed by atoms with Crippen molar-refractivity contribution in [2.45, 2.75) is 52.5 Å². The number of pyridine rings is 1. The van der Waals surface area contributed by atoms with E-state index in [1.807, 2.05) is 6.92 Å². The SMILES string of the molecule is C/C=C\C(=NC)C(=O)NCCC(C)(C)CC[C@H](CC(=O)O)NC(=O)c1ccccn1. The van der Waals surface area contributed by atoms with Crippen LogP contribution in [0.15, 0.2) is 41.5 Å². The maximum Gasteiger partial charge on any atom is 0.305 e. The summed E-state index contributed by atoms with van der Waals surface area (Å²) in [6.45, 7) is 6.41. The van der Waals surface area contributed by atoms with E-state index in [0.717, 1.165) is 0 Å². The smallest absolute Gasteiger partial charge is 0.305 e. The summed E-state index contributed by atoms with van der Waals surface area (Å²) in [6, 6.07) is 4.50. The summed E-state index contributed by atoms with van der Waals surface area (Å²) in [6.07, 6.45) is 6.67. The Labute approximate surface area is 177 Å². The summed E-state index contributed by atoms with van der Waals surface area (Å²) in [5.41, 5.74) is 0.475. The average Bonchev–Trinajstić information content (AvgIpc) is 2.70. The van der Waals surface area contributed by atoms with Crippen molar-refractivity contribution in [3.05, 3.63) is 42.2 Å². The van der Waals surface area contributed by atoms with Crippen LogP contribution in [0, 0.1) is 5.41 Å². The molecule has 0 saturated carbocycles. The number of carbonyl (C=O) groups is 3. The number of allylic oxidation sites excluding steroid dienone is 1. The van der Waals surface area contributed by atoms with Crippen LogP contribution in [0.1, 0.15) is 56.9 Å². The minimum Gasteiger partial charge on any atom is -0.481 e. The molecule has 1 aromatic rings. The predicted octanol–water partition coefficient (Wildman–Crippen LogP) is 2.61. The van der Waals surface area contributed by atoms with Gasteiger partial charge in [0.2, 0.25) is 0 Å². The molecule has 0 aliphatic carbocycles. The second kappa shape index (κ2) is 12.5. The van der Waals surface area contributed by atoms with Crippen molar-refractivity contribution in [2.24, 2.45) is 10.4 Å². The highest BCUT2D eigenvalue weighted by Crippen LogP contribution is 2.27. The Morgan fingerprint density at radius 1 is 1.27 bits per heavy atom. The quantitative estimate of drug-likeness (QED) is 0.452. The van der Waals surface area contributed by atoms with Gasteiger partial charge in [-0.05, 0) is 49.8 Å². The van der Waals surface area contributed by atoms with Crippen LogP contribution in [0.2, 0.25) is 0 Å². The summed E-state index contributed by atoms with van der Waals surface area (Å²) in [4.78, 5) is 43.6. The van der Waals surface area contributed by atoms with Crippen LogP contribution in [0.5, 0.6) is 0 Å². The Kier molecular flexibility index (Phi) is 10.4. The molecule has 8 heteroatoms. The Balaban J connectivity index is 2.58. The number of aromatic nitrogens is 1. The summed E-state index contributed by atoms with van der Waals surface area (Å²) in [5.74, 6) is -1.58. The van der Waals surface area contributed by atoms with E-state index in [2.05, 4.69) is 34.5 Å². The Morgan fingerprint density at radius 3 is 2.57 bits per heavy atom. The molecule has 0 saturated heterocycles. The number of amides is 2. The lowest BCUT2D eigenvalue weighted by atomic mass is 9.82. The van der Waals surface area contributed by atoms with Crippen LogP contribution < -0.4 is 10.6 Å². The molecule has 8 nitrogen and oxygen atoms in total. The fourth-order valence-electron chi connectivity index (χ4n) is 2.90. The van der Waals surface area contributed by atoms with Gasteiger partial charge in [0, 0.05) is 25.8 Å². The topological polar surface area (TPSA) is 121 Å². The molecule has 1 rings (SSSR count). The van der Waals surface area contributed by atoms with Gasteiger partial charge in [-0.3, -0.25) is 24.4 Å². The van der Waals surface area contributed by atoms with Gasteiger partial charge in [0.05, 0.1) is 6.42 Å². The number of carboxylic acids is 1. The summed E-state index contributed by atoms with van der Waals surface area (Å²) < 4.78 is 0. The zero-order valence-corrected chi connectivity index (χ0v) is 18.1. The molecule has 30 heavy (non-hydrogen) atoms. The highest BCUT2D eigenvalue weighted by Gasteiger charge is 2.23. The van der Waals surface area contributed by atoms with E-state index in [-0.39, 0.29) is 29.3 Å². The molecule has 0 aromatic carbocycles. The first-order chi connectivity index (χ1) is 14.2. The molecule has 0 aliphatic rings. The molecule has 1 heterocycles. The monoisotopic (exact) mass is 416 g/mol. The fraction of sp³-hybridized carbons (Fsp3) is 0.500. The van der Waals surface area contributed by atoms with Crippen molar-refractivity contribution in [3.63, 3.8) is 0 Å².